The summed E-state index contributed by atoms with van der Waals surface area (Å²) < 4.78 is 0. The predicted octanol–water partition coefficient (Wildman–Crippen LogP) is 3.26. The summed E-state index contributed by atoms with van der Waals surface area (Å²) in [7, 11) is 0. The van der Waals surface area contributed by atoms with Crippen LogP contribution in [0.25, 0.3) is 22.3 Å². The topological polar surface area (TPSA) is 74.2 Å². The zero-order valence-electron chi connectivity index (χ0n) is 18.6. The summed E-state index contributed by atoms with van der Waals surface area (Å²) in [5.41, 5.74) is 1.90. The van der Waals surface area contributed by atoms with E-state index in [9.17, 15) is 4.79 Å². The quantitative estimate of drug-likeness (QED) is 0.670. The van der Waals surface area contributed by atoms with Gasteiger partial charge in [-0.05, 0) is 44.0 Å². The molecule has 1 saturated heterocycles. The molecule has 2 fully saturated rings. The van der Waals surface area contributed by atoms with Gasteiger partial charge in [0.25, 0.3) is 0 Å². The van der Waals surface area contributed by atoms with E-state index < -0.39 is 0 Å². The monoisotopic (exact) mass is 430 g/mol. The number of anilines is 1. The van der Waals surface area contributed by atoms with Gasteiger partial charge in [0.05, 0.1) is 11.6 Å². The van der Waals surface area contributed by atoms with Crippen molar-refractivity contribution in [1.82, 2.24) is 25.2 Å². The van der Waals surface area contributed by atoms with Crippen LogP contribution in [0, 0.1) is 0 Å². The lowest BCUT2D eigenvalue weighted by atomic mass is 10.1. The normalized spacial score (nSPS) is 18.7. The summed E-state index contributed by atoms with van der Waals surface area (Å²) in [4.78, 5) is 31.2. The highest BCUT2D eigenvalue weighted by Crippen LogP contribution is 2.28. The van der Waals surface area contributed by atoms with E-state index in [2.05, 4.69) is 26.2 Å². The Bertz CT molecular complexity index is 1070. The average molecular weight is 431 g/mol. The molecule has 2 aliphatic rings. The smallest absolute Gasteiger partial charge is 0.237 e. The number of nitrogens with zero attached hydrogens (tertiary/aromatic N) is 5. The molecule has 1 atom stereocenters. The molecule has 32 heavy (non-hydrogen) atoms. The molecular formula is C25H30N6O. The number of fused-ring (bicyclic) bond motifs is 1. The first-order valence-electron chi connectivity index (χ1n) is 11.7. The fraction of sp³-hybridized carbons (Fsp3) is 0.440. The molecule has 1 amide bonds. The number of hydrogen-bond acceptors (Lipinski definition) is 6. The van der Waals surface area contributed by atoms with Crippen LogP contribution in [0.2, 0.25) is 0 Å². The van der Waals surface area contributed by atoms with Gasteiger partial charge in [0.2, 0.25) is 5.91 Å². The molecule has 166 valence electrons. The second-order valence-electron chi connectivity index (χ2n) is 8.81. The lowest BCUT2D eigenvalue weighted by Crippen LogP contribution is -2.55. The van der Waals surface area contributed by atoms with Gasteiger partial charge in [0.1, 0.15) is 5.82 Å². The van der Waals surface area contributed by atoms with Crippen molar-refractivity contribution in [1.29, 1.82) is 0 Å². The molecule has 2 aromatic heterocycles. The molecule has 7 nitrogen and oxygen atoms in total. The Morgan fingerprint density at radius 1 is 1.00 bits per heavy atom. The summed E-state index contributed by atoms with van der Waals surface area (Å²) in [5, 5.41) is 4.31. The van der Waals surface area contributed by atoms with Crippen molar-refractivity contribution in [3.8, 4) is 11.4 Å². The van der Waals surface area contributed by atoms with Gasteiger partial charge in [-0.2, -0.15) is 0 Å². The van der Waals surface area contributed by atoms with Gasteiger partial charge in [-0.25, -0.2) is 9.97 Å². The molecule has 1 aliphatic heterocycles. The number of piperazine rings is 1. The van der Waals surface area contributed by atoms with Crippen LogP contribution in [-0.2, 0) is 4.79 Å². The van der Waals surface area contributed by atoms with Crippen LogP contribution in [-0.4, -0.2) is 64.0 Å². The number of rotatable bonds is 5. The van der Waals surface area contributed by atoms with Crippen LogP contribution in [0.15, 0.2) is 48.8 Å². The fourth-order valence-corrected chi connectivity index (χ4v) is 4.81. The van der Waals surface area contributed by atoms with Crippen molar-refractivity contribution in [3.05, 3.63) is 48.8 Å². The van der Waals surface area contributed by atoms with E-state index in [0.717, 1.165) is 61.3 Å². The number of carbonyl (C=O) groups excluding carboxylic acids is 1. The molecule has 5 rings (SSSR count). The third-order valence-electron chi connectivity index (χ3n) is 6.76. The molecule has 1 aliphatic carbocycles. The second kappa shape index (κ2) is 9.20. The number of carbonyl (C=O) groups is 1. The van der Waals surface area contributed by atoms with E-state index in [4.69, 9.17) is 9.97 Å². The lowest BCUT2D eigenvalue weighted by Gasteiger charge is -2.38. The van der Waals surface area contributed by atoms with Crippen molar-refractivity contribution in [3.63, 3.8) is 0 Å². The van der Waals surface area contributed by atoms with E-state index >= 15 is 0 Å². The Labute approximate surface area is 188 Å². The van der Waals surface area contributed by atoms with Crippen LogP contribution in [0.5, 0.6) is 0 Å². The Kier molecular flexibility index (Phi) is 5.99. The van der Waals surface area contributed by atoms with Crippen molar-refractivity contribution in [2.45, 2.75) is 44.7 Å². The van der Waals surface area contributed by atoms with E-state index in [1.807, 2.05) is 37.3 Å². The van der Waals surface area contributed by atoms with E-state index in [1.165, 1.54) is 12.8 Å². The van der Waals surface area contributed by atoms with Crippen LogP contribution in [0.4, 0.5) is 5.82 Å². The van der Waals surface area contributed by atoms with Gasteiger partial charge in [-0.3, -0.25) is 14.7 Å². The minimum atomic E-state index is -0.104. The van der Waals surface area contributed by atoms with Crippen LogP contribution < -0.4 is 10.2 Å². The van der Waals surface area contributed by atoms with Crippen molar-refractivity contribution in [2.75, 3.05) is 31.1 Å². The van der Waals surface area contributed by atoms with Gasteiger partial charge in [0.15, 0.2) is 5.82 Å². The summed E-state index contributed by atoms with van der Waals surface area (Å²) in [6.45, 7) is 5.36. The molecule has 7 heteroatoms. The summed E-state index contributed by atoms with van der Waals surface area (Å²) in [6.07, 6.45) is 8.23. The zero-order chi connectivity index (χ0) is 21.9. The molecule has 3 aromatic rings. The minimum absolute atomic E-state index is 0.104. The number of para-hydroxylation sites is 1. The van der Waals surface area contributed by atoms with Gasteiger partial charge in [-0.1, -0.05) is 25.0 Å². The maximum atomic E-state index is 12.7. The first kappa shape index (κ1) is 20.8. The number of amides is 1. The van der Waals surface area contributed by atoms with Crippen molar-refractivity contribution in [2.24, 2.45) is 0 Å². The van der Waals surface area contributed by atoms with E-state index in [1.54, 1.807) is 12.4 Å². The average Bonchev–Trinajstić information content (AvgIpc) is 3.36. The third-order valence-corrected chi connectivity index (χ3v) is 6.76. The molecule has 0 radical (unpaired) electrons. The highest BCUT2D eigenvalue weighted by molar-refractivity contribution is 5.91. The number of benzene rings is 1. The van der Waals surface area contributed by atoms with Crippen LogP contribution >= 0.6 is 0 Å². The largest absolute Gasteiger partial charge is 0.353 e. The van der Waals surface area contributed by atoms with Crippen LogP contribution in [0.3, 0.4) is 0 Å². The zero-order valence-corrected chi connectivity index (χ0v) is 18.6. The van der Waals surface area contributed by atoms with Gasteiger partial charge in [-0.15, -0.1) is 0 Å². The van der Waals surface area contributed by atoms with Crippen molar-refractivity contribution >= 4 is 22.6 Å². The van der Waals surface area contributed by atoms with Crippen molar-refractivity contribution < 1.29 is 4.79 Å². The molecular weight excluding hydrogens is 400 g/mol. The predicted molar refractivity (Wildman–Crippen MR) is 126 cm³/mol. The first-order chi connectivity index (χ1) is 15.7. The van der Waals surface area contributed by atoms with Crippen LogP contribution in [0.1, 0.15) is 32.6 Å². The highest BCUT2D eigenvalue weighted by atomic mass is 16.2. The van der Waals surface area contributed by atoms with E-state index in [-0.39, 0.29) is 11.9 Å². The standard InChI is InChI=1S/C25H30N6O/c1-18(25(32)27-20-6-2-3-7-20)30-14-16-31(17-15-30)24-21-8-4-5-9-22(21)28-23(29-24)19-10-12-26-13-11-19/h4-5,8-13,18,20H,2-3,6-7,14-17H2,1H3,(H,27,32). The number of nitrogens with one attached hydrogen (secondary N) is 1. The third kappa shape index (κ3) is 4.30. The summed E-state index contributed by atoms with van der Waals surface area (Å²) >= 11 is 0. The Morgan fingerprint density at radius 2 is 1.72 bits per heavy atom. The molecule has 0 spiro atoms. The molecule has 1 N–H and O–H groups in total. The molecule has 1 aromatic carbocycles. The Hall–Kier alpha value is -3.06. The van der Waals surface area contributed by atoms with E-state index in [0.29, 0.717) is 11.9 Å². The highest BCUT2D eigenvalue weighted by Gasteiger charge is 2.28. The number of aromatic nitrogens is 3. The van der Waals surface area contributed by atoms with Gasteiger partial charge < -0.3 is 10.2 Å². The first-order valence-corrected chi connectivity index (χ1v) is 11.7. The maximum absolute atomic E-state index is 12.7. The maximum Gasteiger partial charge on any atom is 0.237 e. The minimum Gasteiger partial charge on any atom is -0.353 e. The second-order valence-corrected chi connectivity index (χ2v) is 8.81. The molecule has 1 saturated carbocycles. The summed E-state index contributed by atoms with van der Waals surface area (Å²) in [5.74, 6) is 1.84. The number of pyridine rings is 1. The molecule has 3 heterocycles. The summed E-state index contributed by atoms with van der Waals surface area (Å²) in [6, 6.07) is 12.3. The fourth-order valence-electron chi connectivity index (χ4n) is 4.81. The Balaban J connectivity index is 1.33. The van der Waals surface area contributed by atoms with Gasteiger partial charge >= 0.3 is 0 Å². The molecule has 0 bridgehead atoms. The molecule has 1 unspecified atom stereocenters. The lowest BCUT2D eigenvalue weighted by molar-refractivity contribution is -0.126. The number of hydrogen-bond donors (Lipinski definition) is 1. The Morgan fingerprint density at radius 3 is 2.47 bits per heavy atom. The SMILES string of the molecule is CC(C(=O)NC1CCCC1)N1CCN(c2nc(-c3ccncc3)nc3ccccc23)CC1. The van der Waals surface area contributed by atoms with Gasteiger partial charge in [0, 0.05) is 55.6 Å².